The van der Waals surface area contributed by atoms with Crippen LogP contribution >= 0.6 is 0 Å². The Balaban J connectivity index is 1.44. The predicted molar refractivity (Wildman–Crippen MR) is 212 cm³/mol. The molecule has 4 bridgehead atoms. The van der Waals surface area contributed by atoms with E-state index in [0.29, 0.717) is 50.7 Å². The number of fused-ring (bicyclic) bond motifs is 5. The smallest absolute Gasteiger partial charge is 0.255 e. The van der Waals surface area contributed by atoms with Gasteiger partial charge in [-0.05, 0) is 79.5 Å². The van der Waals surface area contributed by atoms with Crippen molar-refractivity contribution in [2.24, 2.45) is 11.5 Å². The number of nitrogens with zero attached hydrogens (tertiary/aromatic N) is 2. The summed E-state index contributed by atoms with van der Waals surface area (Å²) in [7, 11) is 0. The van der Waals surface area contributed by atoms with Crippen molar-refractivity contribution in [3.8, 4) is 22.5 Å². The summed E-state index contributed by atoms with van der Waals surface area (Å²) in [5, 5.41) is 11.1. The Morgan fingerprint density at radius 3 is 2.25 bits per heavy atom. The highest BCUT2D eigenvalue weighted by Gasteiger charge is 2.27. The van der Waals surface area contributed by atoms with Gasteiger partial charge in [0.15, 0.2) is 5.82 Å². The van der Waals surface area contributed by atoms with Crippen molar-refractivity contribution >= 4 is 35.2 Å². The molecule has 5 rings (SSSR count). The minimum Gasteiger partial charge on any atom is -0.368 e. The number of benzene rings is 3. The molecule has 0 spiro atoms. The van der Waals surface area contributed by atoms with E-state index in [-0.39, 0.29) is 49.2 Å². The maximum absolute atomic E-state index is 14.1. The van der Waals surface area contributed by atoms with E-state index in [1.54, 1.807) is 39.0 Å². The van der Waals surface area contributed by atoms with Gasteiger partial charge in [-0.1, -0.05) is 75.4 Å². The molecule has 2 atom stereocenters. The second kappa shape index (κ2) is 17.0. The van der Waals surface area contributed by atoms with Crippen LogP contribution in [0.4, 0.5) is 5.69 Å². The number of primary amides is 1. The van der Waals surface area contributed by atoms with Gasteiger partial charge in [0.2, 0.25) is 23.6 Å². The summed E-state index contributed by atoms with van der Waals surface area (Å²) in [5.41, 5.74) is 18.7. The van der Waals surface area contributed by atoms with E-state index >= 15 is 0 Å². The van der Waals surface area contributed by atoms with Gasteiger partial charge in [0.1, 0.15) is 12.1 Å². The highest BCUT2D eigenvalue weighted by molar-refractivity contribution is 6.04. The Morgan fingerprint density at radius 2 is 1.62 bits per heavy atom. The van der Waals surface area contributed by atoms with E-state index in [1.165, 1.54) is 5.56 Å². The Morgan fingerprint density at radius 1 is 0.927 bits per heavy atom. The largest absolute Gasteiger partial charge is 0.368 e. The number of hydrogen-bond acceptors (Lipinski definition) is 8. The Hall–Kier alpha value is -5.95. The van der Waals surface area contributed by atoms with Crippen LogP contribution in [-0.4, -0.2) is 64.7 Å². The van der Waals surface area contributed by atoms with E-state index in [0.717, 1.165) is 12.0 Å². The van der Waals surface area contributed by atoms with E-state index in [9.17, 15) is 24.0 Å². The van der Waals surface area contributed by atoms with Gasteiger partial charge < -0.3 is 32.7 Å². The molecule has 3 aromatic carbocycles. The molecule has 0 aliphatic carbocycles. The summed E-state index contributed by atoms with van der Waals surface area (Å²) in [4.78, 5) is 74.8. The molecule has 5 amide bonds. The number of anilines is 1. The fraction of sp³-hybridized carbons (Fsp3) is 0.357. The predicted octanol–water partition coefficient (Wildman–Crippen LogP) is 3.69. The zero-order valence-corrected chi connectivity index (χ0v) is 32.3. The Labute approximate surface area is 321 Å². The van der Waals surface area contributed by atoms with E-state index in [1.807, 2.05) is 30.3 Å². The Bertz CT molecular complexity index is 2110. The van der Waals surface area contributed by atoms with Crippen molar-refractivity contribution in [1.82, 2.24) is 25.9 Å². The molecule has 55 heavy (non-hydrogen) atoms. The monoisotopic (exact) mass is 746 g/mol. The summed E-state index contributed by atoms with van der Waals surface area (Å²) < 4.78 is 0. The molecule has 4 aromatic rings. The van der Waals surface area contributed by atoms with Crippen LogP contribution in [0.2, 0.25) is 0 Å². The lowest BCUT2D eigenvalue weighted by Crippen LogP contribution is -2.49. The van der Waals surface area contributed by atoms with Crippen LogP contribution in [0.15, 0.2) is 60.7 Å². The number of aryl methyl sites for hydroxylation is 3. The summed E-state index contributed by atoms with van der Waals surface area (Å²) in [5.74, 6) is -2.16. The summed E-state index contributed by atoms with van der Waals surface area (Å²) in [6.07, 6.45) is 1.21. The van der Waals surface area contributed by atoms with Crippen LogP contribution in [0.5, 0.6) is 0 Å². The van der Waals surface area contributed by atoms with Crippen LogP contribution < -0.4 is 32.7 Å². The number of carbonyl (C=O) groups is 5. The molecule has 1 aliphatic rings. The van der Waals surface area contributed by atoms with Gasteiger partial charge >= 0.3 is 0 Å². The summed E-state index contributed by atoms with van der Waals surface area (Å²) in [6, 6.07) is 17.0. The molecule has 0 saturated carbocycles. The lowest BCUT2D eigenvalue weighted by atomic mass is 9.82. The third kappa shape index (κ3) is 9.60. The maximum Gasteiger partial charge on any atom is 0.255 e. The van der Waals surface area contributed by atoms with E-state index in [2.05, 4.69) is 64.1 Å². The third-order valence-electron chi connectivity index (χ3n) is 10.2. The highest BCUT2D eigenvalue weighted by atomic mass is 16.2. The van der Waals surface area contributed by atoms with Crippen molar-refractivity contribution < 1.29 is 24.0 Å². The molecule has 0 radical (unpaired) electrons. The van der Waals surface area contributed by atoms with Gasteiger partial charge in [0.25, 0.3) is 5.91 Å². The van der Waals surface area contributed by atoms with Crippen molar-refractivity contribution in [3.63, 3.8) is 0 Å². The number of aromatic nitrogens is 2. The van der Waals surface area contributed by atoms with Gasteiger partial charge in [-0.3, -0.25) is 24.0 Å². The third-order valence-corrected chi connectivity index (χ3v) is 10.2. The number of amides is 5. The molecule has 8 N–H and O–H groups in total. The Kier molecular flexibility index (Phi) is 12.5. The van der Waals surface area contributed by atoms with Crippen molar-refractivity contribution in [2.75, 3.05) is 18.4 Å². The molecule has 2 heterocycles. The molecule has 1 aliphatic heterocycles. The zero-order valence-electron chi connectivity index (χ0n) is 32.3. The second-order valence-electron chi connectivity index (χ2n) is 14.7. The molecule has 0 saturated heterocycles. The number of nitrogens with one attached hydrogen (secondary N) is 4. The second-order valence-corrected chi connectivity index (χ2v) is 14.7. The summed E-state index contributed by atoms with van der Waals surface area (Å²) >= 11 is 0. The van der Waals surface area contributed by atoms with Crippen molar-refractivity contribution in [3.05, 3.63) is 99.9 Å². The maximum atomic E-state index is 14.1. The first-order valence-electron chi connectivity index (χ1n) is 18.5. The van der Waals surface area contributed by atoms with Crippen LogP contribution in [0, 0.1) is 20.8 Å². The molecule has 0 fully saturated rings. The number of nitrogens with two attached hydrogens (primary N) is 2. The quantitative estimate of drug-likeness (QED) is 0.141. The number of hydrogen-bond donors (Lipinski definition) is 6. The molecule has 1 aromatic heterocycles. The fourth-order valence-electron chi connectivity index (χ4n) is 6.68. The van der Waals surface area contributed by atoms with Crippen LogP contribution in [0.25, 0.3) is 22.5 Å². The van der Waals surface area contributed by atoms with Crippen LogP contribution in [-0.2, 0) is 37.4 Å². The molecule has 1 unspecified atom stereocenters. The number of carbonyl (C=O) groups excluding carboxylic acids is 5. The minimum atomic E-state index is -1.04. The number of rotatable bonds is 10. The molecule has 13 heteroatoms. The molecule has 13 nitrogen and oxygen atoms in total. The first-order valence-corrected chi connectivity index (χ1v) is 18.5. The fourth-order valence-corrected chi connectivity index (χ4v) is 6.68. The molecular formula is C42H50N8O5. The van der Waals surface area contributed by atoms with Gasteiger partial charge in [0.05, 0.1) is 35.6 Å². The van der Waals surface area contributed by atoms with E-state index in [4.69, 9.17) is 11.5 Å². The van der Waals surface area contributed by atoms with Crippen LogP contribution in [0.1, 0.15) is 77.6 Å². The highest BCUT2D eigenvalue weighted by Crippen LogP contribution is 2.34. The first kappa shape index (κ1) is 40.2. The van der Waals surface area contributed by atoms with Gasteiger partial charge in [0, 0.05) is 17.5 Å². The van der Waals surface area contributed by atoms with Crippen LogP contribution in [0.3, 0.4) is 0 Å². The average Bonchev–Trinajstić information content (AvgIpc) is 3.14. The standard InChI is InChI=1S/C42H50N8O5/c1-7-42(5,6)30-13-11-28(12-14-30)39-46-24(3)36(25(4)47-39)41(55)49-32(15-16-43)40(54)50-37-23(2)17-27-19-31(37)29-10-8-9-26(18-29)21-34(51)45-22-35(52)48-33(20-27)38(44)53/h8-14,17-19,32-33H,7,15-16,20-22,43H2,1-6H3,(H2,44,53)(H,45,51)(H,48,52)(H,49,55)(H,50,54)/t32-,33?/m0/s1. The SMILES string of the molecule is CCC(C)(C)c1ccc(-c2nc(C)c(C(=O)N[C@@H](CCN)C(=O)Nc3c(C)cc4cc3-c3cccc(c3)CC(=O)NCC(=O)NC(C(N)=O)C4)c(C)n2)cc1. The minimum absolute atomic E-state index is 0.00154. The van der Waals surface area contributed by atoms with E-state index < -0.39 is 35.7 Å². The summed E-state index contributed by atoms with van der Waals surface area (Å²) in [6.45, 7) is 11.7. The van der Waals surface area contributed by atoms with Crippen molar-refractivity contribution in [2.45, 2.75) is 84.7 Å². The van der Waals surface area contributed by atoms with Gasteiger partial charge in [-0.25, -0.2) is 9.97 Å². The van der Waals surface area contributed by atoms with Gasteiger partial charge in [-0.15, -0.1) is 0 Å². The van der Waals surface area contributed by atoms with Crippen molar-refractivity contribution in [1.29, 1.82) is 0 Å². The first-order chi connectivity index (χ1) is 26.1. The topological polar surface area (TPSA) is 211 Å². The van der Waals surface area contributed by atoms with Gasteiger partial charge in [-0.2, -0.15) is 0 Å². The molecular weight excluding hydrogens is 697 g/mol. The lowest BCUT2D eigenvalue weighted by molar-refractivity contribution is -0.128. The zero-order chi connectivity index (χ0) is 40.0. The normalized spacial score (nSPS) is 15.2. The lowest BCUT2D eigenvalue weighted by Gasteiger charge is -2.23. The molecule has 288 valence electrons. The average molecular weight is 747 g/mol.